The van der Waals surface area contributed by atoms with Gasteiger partial charge >= 0.3 is 6.11 Å². The van der Waals surface area contributed by atoms with Gasteiger partial charge in [-0.25, -0.2) is 9.97 Å². The summed E-state index contributed by atoms with van der Waals surface area (Å²) in [5.41, 5.74) is 1.93. The second kappa shape index (κ2) is 14.1. The molecule has 31 heavy (non-hydrogen) atoms. The molecule has 0 aliphatic heterocycles. The third-order valence-electron chi connectivity index (χ3n) is 5.48. The number of halogens is 2. The molecule has 0 spiro atoms. The molecule has 2 rings (SSSR count). The molecule has 1 aromatic heterocycles. The molecule has 0 unspecified atom stereocenters. The van der Waals surface area contributed by atoms with E-state index in [2.05, 4.69) is 23.8 Å². The van der Waals surface area contributed by atoms with Crippen LogP contribution < -0.4 is 4.74 Å². The second-order valence-corrected chi connectivity index (χ2v) is 8.36. The number of hydrogen-bond acceptors (Lipinski definition) is 3. The van der Waals surface area contributed by atoms with E-state index in [9.17, 15) is 8.78 Å². The predicted molar refractivity (Wildman–Crippen MR) is 123 cm³/mol. The molecule has 3 nitrogen and oxygen atoms in total. The molecule has 5 heteroatoms. The molecule has 0 aliphatic rings. The van der Waals surface area contributed by atoms with E-state index in [0.717, 1.165) is 49.7 Å². The summed E-state index contributed by atoms with van der Waals surface area (Å²) in [6, 6.07) is 6.59. The lowest BCUT2D eigenvalue weighted by molar-refractivity contribution is -0.181. The first-order chi connectivity index (χ1) is 15.0. The molecule has 1 heterocycles. The summed E-state index contributed by atoms with van der Waals surface area (Å²) in [7, 11) is 0. The van der Waals surface area contributed by atoms with Crippen molar-refractivity contribution < 1.29 is 13.5 Å². The normalized spacial score (nSPS) is 11.6. The Morgan fingerprint density at radius 2 is 1.29 bits per heavy atom. The number of unbranched alkanes of at least 4 members (excludes halogenated alkanes) is 9. The molecule has 0 radical (unpaired) electrons. The molecule has 0 N–H and O–H groups in total. The van der Waals surface area contributed by atoms with Crippen molar-refractivity contribution in [2.45, 2.75) is 103 Å². The van der Waals surface area contributed by atoms with E-state index in [-0.39, 0.29) is 12.2 Å². The minimum absolute atomic E-state index is 0.169. The van der Waals surface area contributed by atoms with Gasteiger partial charge in [-0.2, -0.15) is 8.78 Å². The minimum Gasteiger partial charge on any atom is -0.433 e. The highest BCUT2D eigenvalue weighted by atomic mass is 19.3. The van der Waals surface area contributed by atoms with Gasteiger partial charge in [0.25, 0.3) is 0 Å². The highest BCUT2D eigenvalue weighted by Gasteiger charge is 2.30. The van der Waals surface area contributed by atoms with E-state index in [1.54, 1.807) is 24.3 Å². The van der Waals surface area contributed by atoms with Crippen LogP contribution in [0.1, 0.15) is 96.5 Å². The van der Waals surface area contributed by atoms with Crippen molar-refractivity contribution in [3.05, 3.63) is 42.2 Å². The average molecular weight is 433 g/mol. The molecular formula is C26H38F2N2O. The van der Waals surface area contributed by atoms with Gasteiger partial charge in [0.05, 0.1) is 6.42 Å². The fraction of sp³-hybridized carbons (Fsp3) is 0.615. The lowest BCUT2D eigenvalue weighted by Gasteiger charge is -2.18. The van der Waals surface area contributed by atoms with E-state index in [0.29, 0.717) is 12.2 Å². The Morgan fingerprint density at radius 3 is 1.90 bits per heavy atom. The van der Waals surface area contributed by atoms with Crippen molar-refractivity contribution in [3.63, 3.8) is 0 Å². The summed E-state index contributed by atoms with van der Waals surface area (Å²) >= 11 is 0. The molecule has 172 valence electrons. The van der Waals surface area contributed by atoms with E-state index >= 15 is 0 Å². The smallest absolute Gasteiger partial charge is 0.397 e. The number of benzene rings is 1. The third kappa shape index (κ3) is 10.2. The minimum atomic E-state index is -3.14. The first-order valence-electron chi connectivity index (χ1n) is 12.0. The molecule has 1 aromatic carbocycles. The van der Waals surface area contributed by atoms with Crippen LogP contribution >= 0.6 is 0 Å². The Labute approximate surface area is 186 Å². The Hall–Kier alpha value is -2.04. The van der Waals surface area contributed by atoms with Crippen LogP contribution in [0.15, 0.2) is 36.7 Å². The summed E-state index contributed by atoms with van der Waals surface area (Å²) in [6.45, 7) is 4.34. The Balaban J connectivity index is 1.79. The summed E-state index contributed by atoms with van der Waals surface area (Å²) in [5, 5.41) is 0. The van der Waals surface area contributed by atoms with Crippen LogP contribution in [-0.2, 0) is 6.42 Å². The number of aryl methyl sites for hydroxylation is 1. The lowest BCUT2D eigenvalue weighted by atomic mass is 10.1. The maximum Gasteiger partial charge on any atom is 0.397 e. The van der Waals surface area contributed by atoms with Crippen LogP contribution in [-0.4, -0.2) is 16.1 Å². The molecular weight excluding hydrogens is 394 g/mol. The standard InChI is InChI=1S/C26H38F2N2O/c1-3-5-7-9-10-12-14-22-20-29-25(30-21-22)23-15-17-24(18-16-23)31-26(27,28)19-13-11-8-6-4-2/h15-18,20-21H,3-14,19H2,1-2H3. The van der Waals surface area contributed by atoms with Gasteiger partial charge in [0.1, 0.15) is 5.75 Å². The zero-order chi connectivity index (χ0) is 22.4. The van der Waals surface area contributed by atoms with Gasteiger partial charge in [-0.15, -0.1) is 0 Å². The number of ether oxygens (including phenoxy) is 1. The van der Waals surface area contributed by atoms with Crippen molar-refractivity contribution in [2.75, 3.05) is 0 Å². The van der Waals surface area contributed by atoms with Gasteiger partial charge in [-0.05, 0) is 49.1 Å². The van der Waals surface area contributed by atoms with Crippen LogP contribution in [0.4, 0.5) is 8.78 Å². The molecule has 2 aromatic rings. The molecule has 0 bridgehead atoms. The second-order valence-electron chi connectivity index (χ2n) is 8.36. The fourth-order valence-corrected chi connectivity index (χ4v) is 3.57. The molecule has 0 atom stereocenters. The van der Waals surface area contributed by atoms with Crippen LogP contribution in [0, 0.1) is 0 Å². The lowest BCUT2D eigenvalue weighted by Crippen LogP contribution is -2.24. The zero-order valence-electron chi connectivity index (χ0n) is 19.2. The van der Waals surface area contributed by atoms with E-state index in [4.69, 9.17) is 4.74 Å². The Kier molecular flexibility index (Phi) is 11.5. The first kappa shape index (κ1) is 25.2. The summed E-state index contributed by atoms with van der Waals surface area (Å²) in [6.07, 6.45) is 13.4. The van der Waals surface area contributed by atoms with Crippen LogP contribution in [0.3, 0.4) is 0 Å². The van der Waals surface area contributed by atoms with Gasteiger partial charge in [0.15, 0.2) is 5.82 Å². The number of rotatable bonds is 16. The Morgan fingerprint density at radius 1 is 0.742 bits per heavy atom. The summed E-state index contributed by atoms with van der Waals surface area (Å²) < 4.78 is 33.0. The molecule has 0 saturated heterocycles. The third-order valence-corrected chi connectivity index (χ3v) is 5.48. The number of aromatic nitrogens is 2. The van der Waals surface area contributed by atoms with Gasteiger partial charge in [0.2, 0.25) is 0 Å². The monoisotopic (exact) mass is 432 g/mol. The largest absolute Gasteiger partial charge is 0.433 e. The average Bonchev–Trinajstić information content (AvgIpc) is 2.77. The summed E-state index contributed by atoms with van der Waals surface area (Å²) in [5.74, 6) is 0.767. The van der Waals surface area contributed by atoms with Gasteiger partial charge in [-0.1, -0.05) is 71.6 Å². The molecule has 0 saturated carbocycles. The SMILES string of the molecule is CCCCCCCCc1cnc(-c2ccc(OC(F)(F)CCCCCCC)cc2)nc1. The summed E-state index contributed by atoms with van der Waals surface area (Å²) in [4.78, 5) is 8.89. The quantitative estimate of drug-likeness (QED) is 0.250. The molecule has 0 amide bonds. The van der Waals surface area contributed by atoms with Crippen LogP contribution in [0.25, 0.3) is 11.4 Å². The first-order valence-corrected chi connectivity index (χ1v) is 12.0. The molecule has 0 aliphatic carbocycles. The fourth-order valence-electron chi connectivity index (χ4n) is 3.57. The van der Waals surface area contributed by atoms with Crippen molar-refractivity contribution in [1.29, 1.82) is 0 Å². The van der Waals surface area contributed by atoms with E-state index in [1.165, 1.54) is 32.1 Å². The van der Waals surface area contributed by atoms with Gasteiger partial charge in [0, 0.05) is 18.0 Å². The van der Waals surface area contributed by atoms with Crippen molar-refractivity contribution in [2.24, 2.45) is 0 Å². The predicted octanol–water partition coefficient (Wildman–Crippen LogP) is 8.38. The van der Waals surface area contributed by atoms with Crippen molar-refractivity contribution >= 4 is 0 Å². The van der Waals surface area contributed by atoms with Gasteiger partial charge < -0.3 is 4.74 Å². The Bertz CT molecular complexity index is 717. The number of hydrogen-bond donors (Lipinski definition) is 0. The van der Waals surface area contributed by atoms with Crippen LogP contribution in [0.5, 0.6) is 5.75 Å². The maximum atomic E-state index is 14.0. The number of alkyl halides is 2. The van der Waals surface area contributed by atoms with Crippen molar-refractivity contribution in [1.82, 2.24) is 9.97 Å². The van der Waals surface area contributed by atoms with E-state index < -0.39 is 6.11 Å². The highest BCUT2D eigenvalue weighted by Crippen LogP contribution is 2.28. The number of nitrogens with zero attached hydrogens (tertiary/aromatic N) is 2. The van der Waals surface area contributed by atoms with Crippen molar-refractivity contribution in [3.8, 4) is 17.1 Å². The molecule has 0 fully saturated rings. The topological polar surface area (TPSA) is 35.0 Å². The van der Waals surface area contributed by atoms with Gasteiger partial charge in [-0.3, -0.25) is 0 Å². The zero-order valence-corrected chi connectivity index (χ0v) is 19.2. The highest BCUT2D eigenvalue weighted by molar-refractivity contribution is 5.55. The van der Waals surface area contributed by atoms with E-state index in [1.807, 2.05) is 12.4 Å². The maximum absolute atomic E-state index is 14.0. The van der Waals surface area contributed by atoms with Crippen LogP contribution in [0.2, 0.25) is 0 Å².